The molecule has 0 saturated heterocycles. The van der Waals surface area contributed by atoms with Crippen LogP contribution in [0.15, 0.2) is 59.7 Å². The predicted octanol–water partition coefficient (Wildman–Crippen LogP) is 3.36. The third-order valence-electron chi connectivity index (χ3n) is 3.38. The second-order valence-corrected chi connectivity index (χ2v) is 5.20. The summed E-state index contributed by atoms with van der Waals surface area (Å²) in [6.45, 7) is 4.29. The zero-order valence-corrected chi connectivity index (χ0v) is 13.2. The van der Waals surface area contributed by atoms with Gasteiger partial charge in [-0.05, 0) is 37.1 Å². The maximum Gasteiger partial charge on any atom is 0.151 e. The Morgan fingerprint density at radius 3 is 2.48 bits per heavy atom. The number of rotatable bonds is 5. The highest BCUT2D eigenvalue weighted by Crippen LogP contribution is 2.14. The lowest BCUT2D eigenvalue weighted by Crippen LogP contribution is -1.97. The van der Waals surface area contributed by atoms with E-state index in [4.69, 9.17) is 4.74 Å². The highest BCUT2D eigenvalue weighted by Gasteiger charge is 2.01. The first-order chi connectivity index (χ1) is 11.2. The van der Waals surface area contributed by atoms with Gasteiger partial charge < -0.3 is 4.74 Å². The van der Waals surface area contributed by atoms with Crippen LogP contribution in [0.5, 0.6) is 5.75 Å². The van der Waals surface area contributed by atoms with Gasteiger partial charge in [-0.1, -0.05) is 42.5 Å². The van der Waals surface area contributed by atoms with E-state index in [1.165, 1.54) is 0 Å². The van der Waals surface area contributed by atoms with E-state index in [0.717, 1.165) is 28.5 Å². The molecule has 0 aliphatic carbocycles. The molecule has 1 heterocycles. The zero-order valence-electron chi connectivity index (χ0n) is 13.2. The van der Waals surface area contributed by atoms with Gasteiger partial charge in [0.15, 0.2) is 11.6 Å². The highest BCUT2D eigenvalue weighted by molar-refractivity contribution is 5.80. The second kappa shape index (κ2) is 6.87. The Balaban J connectivity index is 1.70. The minimum absolute atomic E-state index is 0.547. The van der Waals surface area contributed by atoms with Crippen LogP contribution in [0, 0.1) is 13.8 Å². The molecule has 5 nitrogen and oxygen atoms in total. The summed E-state index contributed by atoms with van der Waals surface area (Å²) in [7, 11) is 0. The molecule has 3 rings (SSSR count). The molecule has 0 aliphatic heterocycles. The zero-order chi connectivity index (χ0) is 16.1. The molecular weight excluding hydrogens is 288 g/mol. The first kappa shape index (κ1) is 15.0. The summed E-state index contributed by atoms with van der Waals surface area (Å²) in [5, 5.41) is 12.4. The van der Waals surface area contributed by atoms with Crippen molar-refractivity contribution in [2.24, 2.45) is 5.10 Å². The molecule has 0 spiro atoms. The summed E-state index contributed by atoms with van der Waals surface area (Å²) in [5.74, 6) is 2.33. The number of aryl methyl sites for hydroxylation is 2. The molecule has 1 aromatic heterocycles. The van der Waals surface area contributed by atoms with Gasteiger partial charge in [0.05, 0.1) is 6.21 Å². The Morgan fingerprint density at radius 2 is 1.74 bits per heavy atom. The molecule has 0 unspecified atom stereocenters. The monoisotopic (exact) mass is 306 g/mol. The van der Waals surface area contributed by atoms with Crippen molar-refractivity contribution in [2.45, 2.75) is 20.5 Å². The van der Waals surface area contributed by atoms with E-state index in [2.05, 4.69) is 15.3 Å². The van der Waals surface area contributed by atoms with Crippen LogP contribution in [-0.4, -0.2) is 21.1 Å². The molecular formula is C18H18N4O. The van der Waals surface area contributed by atoms with E-state index in [-0.39, 0.29) is 0 Å². The van der Waals surface area contributed by atoms with Crippen molar-refractivity contribution < 1.29 is 4.74 Å². The SMILES string of the molecule is Cc1nnc(C)n1/N=C/c1cccc(OCc2ccccc2)c1. The molecule has 0 fully saturated rings. The minimum Gasteiger partial charge on any atom is -0.489 e. The van der Waals surface area contributed by atoms with E-state index in [0.29, 0.717) is 6.61 Å². The third-order valence-corrected chi connectivity index (χ3v) is 3.38. The number of nitrogens with zero attached hydrogens (tertiary/aromatic N) is 4. The quantitative estimate of drug-likeness (QED) is 0.679. The van der Waals surface area contributed by atoms with Gasteiger partial charge >= 0.3 is 0 Å². The molecule has 2 aromatic carbocycles. The Bertz CT molecular complexity index is 789. The van der Waals surface area contributed by atoms with Crippen molar-refractivity contribution in [2.75, 3.05) is 0 Å². The molecule has 0 N–H and O–H groups in total. The summed E-state index contributed by atoms with van der Waals surface area (Å²) in [6, 6.07) is 17.9. The van der Waals surface area contributed by atoms with E-state index in [9.17, 15) is 0 Å². The fourth-order valence-electron chi connectivity index (χ4n) is 2.18. The molecule has 0 atom stereocenters. The summed E-state index contributed by atoms with van der Waals surface area (Å²) in [4.78, 5) is 0. The summed E-state index contributed by atoms with van der Waals surface area (Å²) in [5.41, 5.74) is 2.10. The largest absolute Gasteiger partial charge is 0.489 e. The van der Waals surface area contributed by atoms with Crippen LogP contribution in [0.3, 0.4) is 0 Å². The van der Waals surface area contributed by atoms with Crippen LogP contribution in [0.4, 0.5) is 0 Å². The smallest absolute Gasteiger partial charge is 0.151 e. The molecule has 5 heteroatoms. The minimum atomic E-state index is 0.547. The highest BCUT2D eigenvalue weighted by atomic mass is 16.5. The number of hydrogen-bond acceptors (Lipinski definition) is 4. The van der Waals surface area contributed by atoms with Crippen LogP contribution in [0.25, 0.3) is 0 Å². The molecule has 0 amide bonds. The van der Waals surface area contributed by atoms with Crippen molar-refractivity contribution in [1.82, 2.24) is 14.9 Å². The van der Waals surface area contributed by atoms with Crippen LogP contribution in [0.1, 0.15) is 22.8 Å². The van der Waals surface area contributed by atoms with E-state index >= 15 is 0 Å². The van der Waals surface area contributed by atoms with Crippen molar-refractivity contribution in [3.63, 3.8) is 0 Å². The Morgan fingerprint density at radius 1 is 1.00 bits per heavy atom. The van der Waals surface area contributed by atoms with Gasteiger partial charge in [-0.15, -0.1) is 10.2 Å². The molecule has 0 saturated carbocycles. The maximum absolute atomic E-state index is 5.82. The third kappa shape index (κ3) is 3.83. The van der Waals surface area contributed by atoms with E-state index in [1.54, 1.807) is 10.9 Å². The average molecular weight is 306 g/mol. The van der Waals surface area contributed by atoms with Crippen LogP contribution in [-0.2, 0) is 6.61 Å². The van der Waals surface area contributed by atoms with Crippen molar-refractivity contribution in [3.8, 4) is 5.75 Å². The lowest BCUT2D eigenvalue weighted by atomic mass is 10.2. The van der Waals surface area contributed by atoms with Gasteiger partial charge in [-0.2, -0.15) is 5.10 Å². The fourth-order valence-corrected chi connectivity index (χ4v) is 2.18. The Labute approximate surface area is 135 Å². The van der Waals surface area contributed by atoms with Gasteiger partial charge in [0.1, 0.15) is 12.4 Å². The van der Waals surface area contributed by atoms with Gasteiger partial charge in [0.25, 0.3) is 0 Å². The Hall–Kier alpha value is -2.95. The van der Waals surface area contributed by atoms with Crippen molar-refractivity contribution >= 4 is 6.21 Å². The van der Waals surface area contributed by atoms with E-state index in [1.807, 2.05) is 68.4 Å². The fraction of sp³-hybridized carbons (Fsp3) is 0.167. The number of benzene rings is 2. The first-order valence-corrected chi connectivity index (χ1v) is 7.42. The normalized spacial score (nSPS) is 11.0. The first-order valence-electron chi connectivity index (χ1n) is 7.42. The topological polar surface area (TPSA) is 52.3 Å². The van der Waals surface area contributed by atoms with Crippen molar-refractivity contribution in [1.29, 1.82) is 0 Å². The number of aromatic nitrogens is 3. The summed E-state index contributed by atoms with van der Waals surface area (Å²) in [6.07, 6.45) is 1.78. The molecule has 0 bridgehead atoms. The average Bonchev–Trinajstić information content (AvgIpc) is 2.91. The van der Waals surface area contributed by atoms with Crippen LogP contribution >= 0.6 is 0 Å². The standard InChI is InChI=1S/C18H18N4O/c1-14-20-21-15(2)22(14)19-12-17-9-6-10-18(11-17)23-13-16-7-4-3-5-8-16/h3-12H,13H2,1-2H3/b19-12+. The van der Waals surface area contributed by atoms with Gasteiger partial charge in [-0.3, -0.25) is 0 Å². The molecule has 116 valence electrons. The van der Waals surface area contributed by atoms with Crippen LogP contribution in [0.2, 0.25) is 0 Å². The summed E-state index contributed by atoms with van der Waals surface area (Å²) >= 11 is 0. The predicted molar refractivity (Wildman–Crippen MR) is 89.7 cm³/mol. The van der Waals surface area contributed by atoms with Gasteiger partial charge in [0, 0.05) is 0 Å². The maximum atomic E-state index is 5.82. The Kier molecular flexibility index (Phi) is 4.47. The van der Waals surface area contributed by atoms with E-state index < -0.39 is 0 Å². The number of ether oxygens (including phenoxy) is 1. The van der Waals surface area contributed by atoms with Crippen LogP contribution < -0.4 is 4.74 Å². The molecule has 23 heavy (non-hydrogen) atoms. The molecule has 0 aliphatic rings. The van der Waals surface area contributed by atoms with Crippen molar-refractivity contribution in [3.05, 3.63) is 77.4 Å². The van der Waals surface area contributed by atoms with Gasteiger partial charge in [-0.25, -0.2) is 4.68 Å². The lowest BCUT2D eigenvalue weighted by molar-refractivity contribution is 0.306. The lowest BCUT2D eigenvalue weighted by Gasteiger charge is -2.06. The number of hydrogen-bond donors (Lipinski definition) is 0. The summed E-state index contributed by atoms with van der Waals surface area (Å²) < 4.78 is 7.53. The second-order valence-electron chi connectivity index (χ2n) is 5.20. The molecule has 3 aromatic rings. The van der Waals surface area contributed by atoms with Gasteiger partial charge in [0.2, 0.25) is 0 Å². The molecule has 0 radical (unpaired) electrons.